The molecule has 1 amide bonds. The standard InChI is InChI=1S/C23H21N3O2S/c1-16(17-6-4-3-5-7-17)25-22(27)15-29-23-19(14-24)10-13-21(26-23)18-8-11-20(28-2)12-9-18/h3-13,16H,15H2,1-2H3,(H,25,27)/t16-/m1/s1. The number of benzene rings is 2. The number of hydrogen-bond acceptors (Lipinski definition) is 5. The number of ether oxygens (including phenoxy) is 1. The number of thioether (sulfide) groups is 1. The SMILES string of the molecule is COc1ccc(-c2ccc(C#N)c(SCC(=O)N[C@H](C)c3ccccc3)n2)cc1. The van der Waals surface area contributed by atoms with E-state index in [0.29, 0.717) is 10.6 Å². The van der Waals surface area contributed by atoms with Crippen LogP contribution in [0.1, 0.15) is 24.1 Å². The van der Waals surface area contributed by atoms with Crippen molar-refractivity contribution < 1.29 is 9.53 Å². The molecule has 1 atom stereocenters. The molecule has 0 unspecified atom stereocenters. The largest absolute Gasteiger partial charge is 0.497 e. The number of carbonyl (C=O) groups excluding carboxylic acids is 1. The summed E-state index contributed by atoms with van der Waals surface area (Å²) in [6.45, 7) is 1.95. The van der Waals surface area contributed by atoms with Gasteiger partial charge in [-0.2, -0.15) is 5.26 Å². The zero-order chi connectivity index (χ0) is 20.6. The summed E-state index contributed by atoms with van der Waals surface area (Å²) < 4.78 is 5.18. The van der Waals surface area contributed by atoms with Gasteiger partial charge < -0.3 is 10.1 Å². The molecule has 5 nitrogen and oxygen atoms in total. The molecule has 1 heterocycles. The molecule has 6 heteroatoms. The Morgan fingerprint density at radius 2 is 1.86 bits per heavy atom. The van der Waals surface area contributed by atoms with Crippen molar-refractivity contribution in [2.24, 2.45) is 0 Å². The van der Waals surface area contributed by atoms with Crippen LogP contribution in [0, 0.1) is 11.3 Å². The van der Waals surface area contributed by atoms with E-state index in [0.717, 1.165) is 22.6 Å². The van der Waals surface area contributed by atoms with Crippen LogP contribution < -0.4 is 10.1 Å². The summed E-state index contributed by atoms with van der Waals surface area (Å²) in [7, 11) is 1.62. The van der Waals surface area contributed by atoms with E-state index in [2.05, 4.69) is 16.4 Å². The number of amides is 1. The fourth-order valence-electron chi connectivity index (χ4n) is 2.80. The first-order valence-electron chi connectivity index (χ1n) is 9.13. The van der Waals surface area contributed by atoms with Crippen LogP contribution in [-0.4, -0.2) is 23.8 Å². The second-order valence-corrected chi connectivity index (χ2v) is 7.34. The van der Waals surface area contributed by atoms with Gasteiger partial charge in [0.1, 0.15) is 16.8 Å². The third-order valence-electron chi connectivity index (χ3n) is 4.38. The quantitative estimate of drug-likeness (QED) is 0.584. The topological polar surface area (TPSA) is 75.0 Å². The summed E-state index contributed by atoms with van der Waals surface area (Å²) in [6.07, 6.45) is 0. The predicted molar refractivity (Wildman–Crippen MR) is 115 cm³/mol. The third kappa shape index (κ3) is 5.37. The highest BCUT2D eigenvalue weighted by Crippen LogP contribution is 2.26. The van der Waals surface area contributed by atoms with Crippen molar-refractivity contribution in [3.63, 3.8) is 0 Å². The van der Waals surface area contributed by atoms with Gasteiger partial charge >= 0.3 is 0 Å². The molecule has 29 heavy (non-hydrogen) atoms. The van der Waals surface area contributed by atoms with Crippen LogP contribution >= 0.6 is 11.8 Å². The molecule has 0 fully saturated rings. The van der Waals surface area contributed by atoms with E-state index in [4.69, 9.17) is 4.74 Å². The number of nitrogens with zero attached hydrogens (tertiary/aromatic N) is 2. The molecule has 0 spiro atoms. The minimum absolute atomic E-state index is 0.0849. The number of rotatable bonds is 7. The maximum absolute atomic E-state index is 12.4. The summed E-state index contributed by atoms with van der Waals surface area (Å²) in [5.74, 6) is 0.846. The highest BCUT2D eigenvalue weighted by molar-refractivity contribution is 8.00. The van der Waals surface area contributed by atoms with E-state index < -0.39 is 0 Å². The minimum atomic E-state index is -0.105. The maximum atomic E-state index is 12.4. The molecule has 0 aliphatic rings. The van der Waals surface area contributed by atoms with Gasteiger partial charge in [-0.3, -0.25) is 4.79 Å². The number of carbonyl (C=O) groups is 1. The van der Waals surface area contributed by atoms with Crippen LogP contribution in [-0.2, 0) is 4.79 Å². The Morgan fingerprint density at radius 3 is 2.52 bits per heavy atom. The van der Waals surface area contributed by atoms with E-state index in [9.17, 15) is 10.1 Å². The molecule has 2 aromatic carbocycles. The van der Waals surface area contributed by atoms with Gasteiger partial charge in [0.15, 0.2) is 0 Å². The summed E-state index contributed by atoms with van der Waals surface area (Å²) in [6, 6.07) is 22.9. The van der Waals surface area contributed by atoms with Gasteiger partial charge in [0, 0.05) is 5.56 Å². The molecule has 1 aromatic heterocycles. The van der Waals surface area contributed by atoms with Crippen molar-refractivity contribution in [3.05, 3.63) is 77.9 Å². The van der Waals surface area contributed by atoms with Gasteiger partial charge in [0.2, 0.25) is 5.91 Å². The molecule has 0 saturated heterocycles. The van der Waals surface area contributed by atoms with Crippen LogP contribution in [0.25, 0.3) is 11.3 Å². The first-order chi connectivity index (χ1) is 14.1. The highest BCUT2D eigenvalue weighted by atomic mass is 32.2. The average molecular weight is 404 g/mol. The van der Waals surface area contributed by atoms with Crippen molar-refractivity contribution >= 4 is 17.7 Å². The summed E-state index contributed by atoms with van der Waals surface area (Å²) >= 11 is 1.26. The summed E-state index contributed by atoms with van der Waals surface area (Å²) in [5, 5.41) is 12.9. The lowest BCUT2D eigenvalue weighted by atomic mass is 10.1. The van der Waals surface area contributed by atoms with E-state index in [-0.39, 0.29) is 17.7 Å². The van der Waals surface area contributed by atoms with Gasteiger partial charge in [-0.05, 0) is 48.9 Å². The molecule has 0 radical (unpaired) electrons. The fourth-order valence-corrected chi connectivity index (χ4v) is 3.58. The second kappa shape index (κ2) is 9.76. The lowest BCUT2D eigenvalue weighted by Gasteiger charge is -2.14. The first-order valence-corrected chi connectivity index (χ1v) is 10.1. The average Bonchev–Trinajstić information content (AvgIpc) is 2.78. The first kappa shape index (κ1) is 20.4. The monoisotopic (exact) mass is 403 g/mol. The van der Waals surface area contributed by atoms with E-state index >= 15 is 0 Å². The molecule has 0 aliphatic heterocycles. The van der Waals surface area contributed by atoms with Crippen LogP contribution in [0.4, 0.5) is 0 Å². The molecule has 3 aromatic rings. The van der Waals surface area contributed by atoms with E-state index in [1.165, 1.54) is 11.8 Å². The smallest absolute Gasteiger partial charge is 0.230 e. The number of nitriles is 1. The Hall–Kier alpha value is -3.30. The molecule has 1 N–H and O–H groups in total. The van der Waals surface area contributed by atoms with Crippen LogP contribution in [0.3, 0.4) is 0 Å². The Labute approximate surface area is 174 Å². The van der Waals surface area contributed by atoms with Crippen LogP contribution in [0.2, 0.25) is 0 Å². The third-order valence-corrected chi connectivity index (χ3v) is 5.37. The molecular formula is C23H21N3O2S. The predicted octanol–water partition coefficient (Wildman–Crippen LogP) is 4.60. The summed E-state index contributed by atoms with van der Waals surface area (Å²) in [5.41, 5.74) is 3.16. The Kier molecular flexibility index (Phi) is 6.88. The highest BCUT2D eigenvalue weighted by Gasteiger charge is 2.13. The van der Waals surface area contributed by atoms with Crippen LogP contribution in [0.5, 0.6) is 5.75 Å². The fraction of sp³-hybridized carbons (Fsp3) is 0.174. The van der Waals surface area contributed by atoms with Gasteiger partial charge in [0.25, 0.3) is 0 Å². The lowest BCUT2D eigenvalue weighted by Crippen LogP contribution is -2.28. The Morgan fingerprint density at radius 1 is 1.14 bits per heavy atom. The lowest BCUT2D eigenvalue weighted by molar-refractivity contribution is -0.119. The molecular weight excluding hydrogens is 382 g/mol. The molecule has 0 bridgehead atoms. The van der Waals surface area contributed by atoms with Gasteiger partial charge in [0.05, 0.1) is 30.2 Å². The number of aromatic nitrogens is 1. The number of hydrogen-bond donors (Lipinski definition) is 1. The molecule has 3 rings (SSSR count). The zero-order valence-electron chi connectivity index (χ0n) is 16.3. The maximum Gasteiger partial charge on any atom is 0.230 e. The number of nitrogens with one attached hydrogen (secondary N) is 1. The van der Waals surface area contributed by atoms with Crippen molar-refractivity contribution in [1.82, 2.24) is 10.3 Å². The zero-order valence-corrected chi connectivity index (χ0v) is 17.1. The number of pyridine rings is 1. The second-order valence-electron chi connectivity index (χ2n) is 6.38. The van der Waals surface area contributed by atoms with Crippen molar-refractivity contribution in [2.45, 2.75) is 18.0 Å². The van der Waals surface area contributed by atoms with Crippen LogP contribution in [0.15, 0.2) is 71.8 Å². The molecule has 146 valence electrons. The van der Waals surface area contributed by atoms with Gasteiger partial charge in [-0.15, -0.1) is 0 Å². The van der Waals surface area contributed by atoms with Crippen molar-refractivity contribution in [2.75, 3.05) is 12.9 Å². The van der Waals surface area contributed by atoms with Crippen molar-refractivity contribution in [1.29, 1.82) is 5.26 Å². The van der Waals surface area contributed by atoms with E-state index in [1.807, 2.05) is 67.6 Å². The van der Waals surface area contributed by atoms with Gasteiger partial charge in [-0.25, -0.2) is 4.98 Å². The molecule has 0 aliphatic carbocycles. The normalized spacial score (nSPS) is 11.3. The Bertz CT molecular complexity index is 1010. The Balaban J connectivity index is 1.69. The van der Waals surface area contributed by atoms with E-state index in [1.54, 1.807) is 13.2 Å². The molecule has 0 saturated carbocycles. The summed E-state index contributed by atoms with van der Waals surface area (Å²) in [4.78, 5) is 17.0. The number of methoxy groups -OCH3 is 1. The minimum Gasteiger partial charge on any atom is -0.497 e. The van der Waals surface area contributed by atoms with Crippen molar-refractivity contribution in [3.8, 4) is 23.1 Å². The van der Waals surface area contributed by atoms with Gasteiger partial charge in [-0.1, -0.05) is 42.1 Å².